The Balaban J connectivity index is 1.86. The normalized spacial score (nSPS) is 20.8. The molecule has 1 aromatic rings. The minimum Gasteiger partial charge on any atom is -0.468 e. The molecule has 4 heteroatoms. The number of piperidine rings is 1. The molecular weight excluding hydrogens is 240 g/mol. The van der Waals surface area contributed by atoms with Crippen LogP contribution in [-0.2, 0) is 17.8 Å². The number of nitrogens with one attached hydrogen (secondary N) is 1. The zero-order valence-electron chi connectivity index (χ0n) is 12.2. The Morgan fingerprint density at radius 2 is 2.42 bits per heavy atom. The van der Waals surface area contributed by atoms with Crippen LogP contribution in [0.5, 0.6) is 0 Å². The Bertz CT molecular complexity index is 365. The van der Waals surface area contributed by atoms with E-state index in [0.29, 0.717) is 6.10 Å². The Kier molecular flexibility index (Phi) is 5.89. The molecule has 0 spiro atoms. The van der Waals surface area contributed by atoms with Crippen molar-refractivity contribution in [1.29, 1.82) is 0 Å². The SMILES string of the molecule is CCCNCc1ccoc1CN1CCCC(OC)C1. The van der Waals surface area contributed by atoms with Gasteiger partial charge in [0.2, 0.25) is 0 Å². The van der Waals surface area contributed by atoms with Gasteiger partial charge in [0.15, 0.2) is 0 Å². The van der Waals surface area contributed by atoms with Gasteiger partial charge in [-0.1, -0.05) is 6.92 Å². The molecule has 1 saturated heterocycles. The van der Waals surface area contributed by atoms with Gasteiger partial charge in [0, 0.05) is 25.8 Å². The Morgan fingerprint density at radius 1 is 1.53 bits per heavy atom. The van der Waals surface area contributed by atoms with Crippen molar-refractivity contribution in [2.75, 3.05) is 26.7 Å². The van der Waals surface area contributed by atoms with Crippen LogP contribution in [0.2, 0.25) is 0 Å². The Hall–Kier alpha value is -0.840. The summed E-state index contributed by atoms with van der Waals surface area (Å²) in [6.07, 6.45) is 5.73. The van der Waals surface area contributed by atoms with E-state index >= 15 is 0 Å². The van der Waals surface area contributed by atoms with Crippen LogP contribution in [0.15, 0.2) is 16.7 Å². The lowest BCUT2D eigenvalue weighted by Gasteiger charge is -2.31. The smallest absolute Gasteiger partial charge is 0.122 e. The highest BCUT2D eigenvalue weighted by Crippen LogP contribution is 2.18. The van der Waals surface area contributed by atoms with Crippen molar-refractivity contribution in [3.05, 3.63) is 23.7 Å². The molecule has 1 fully saturated rings. The Morgan fingerprint density at radius 3 is 3.21 bits per heavy atom. The molecule has 0 aliphatic carbocycles. The zero-order chi connectivity index (χ0) is 13.5. The van der Waals surface area contributed by atoms with Gasteiger partial charge in [-0.2, -0.15) is 0 Å². The standard InChI is InChI=1S/C15H26N2O2/c1-3-7-16-10-13-6-9-19-15(13)12-17-8-4-5-14(11-17)18-2/h6,9,14,16H,3-5,7-8,10-12H2,1-2H3. The molecule has 1 aromatic heterocycles. The summed E-state index contributed by atoms with van der Waals surface area (Å²) >= 11 is 0. The van der Waals surface area contributed by atoms with Crippen molar-refractivity contribution < 1.29 is 9.15 Å². The lowest BCUT2D eigenvalue weighted by Crippen LogP contribution is -2.38. The second-order valence-corrected chi connectivity index (χ2v) is 5.28. The minimum absolute atomic E-state index is 0.380. The molecule has 0 amide bonds. The maximum absolute atomic E-state index is 5.64. The summed E-state index contributed by atoms with van der Waals surface area (Å²) in [4.78, 5) is 2.43. The van der Waals surface area contributed by atoms with Gasteiger partial charge in [0.1, 0.15) is 5.76 Å². The van der Waals surface area contributed by atoms with E-state index in [1.165, 1.54) is 18.4 Å². The zero-order valence-corrected chi connectivity index (χ0v) is 12.2. The number of nitrogens with zero attached hydrogens (tertiary/aromatic N) is 1. The number of ether oxygens (including phenoxy) is 1. The van der Waals surface area contributed by atoms with Gasteiger partial charge in [-0.25, -0.2) is 0 Å². The molecule has 0 radical (unpaired) electrons. The van der Waals surface area contributed by atoms with Crippen molar-refractivity contribution in [2.24, 2.45) is 0 Å². The summed E-state index contributed by atoms with van der Waals surface area (Å²) in [5.74, 6) is 1.10. The fourth-order valence-electron chi connectivity index (χ4n) is 2.62. The maximum atomic E-state index is 5.64. The molecule has 108 valence electrons. The van der Waals surface area contributed by atoms with Gasteiger partial charge >= 0.3 is 0 Å². The highest BCUT2D eigenvalue weighted by atomic mass is 16.5. The molecule has 2 rings (SSSR count). The molecule has 19 heavy (non-hydrogen) atoms. The summed E-state index contributed by atoms with van der Waals surface area (Å²) in [5.41, 5.74) is 1.29. The third kappa shape index (κ3) is 4.34. The topological polar surface area (TPSA) is 37.6 Å². The molecule has 2 heterocycles. The second-order valence-electron chi connectivity index (χ2n) is 5.28. The lowest BCUT2D eigenvalue weighted by atomic mass is 10.1. The van der Waals surface area contributed by atoms with Crippen molar-refractivity contribution in [3.63, 3.8) is 0 Å². The summed E-state index contributed by atoms with van der Waals surface area (Å²) < 4.78 is 11.1. The third-order valence-corrected chi connectivity index (χ3v) is 3.74. The molecule has 1 unspecified atom stereocenters. The predicted octanol–water partition coefficient (Wildman–Crippen LogP) is 2.39. The minimum atomic E-state index is 0.380. The summed E-state index contributed by atoms with van der Waals surface area (Å²) in [5, 5.41) is 3.43. The number of hydrogen-bond donors (Lipinski definition) is 1. The van der Waals surface area contributed by atoms with Crippen LogP contribution in [-0.4, -0.2) is 37.7 Å². The van der Waals surface area contributed by atoms with Gasteiger partial charge in [0.05, 0.1) is 18.9 Å². The van der Waals surface area contributed by atoms with Crippen LogP contribution < -0.4 is 5.32 Å². The number of hydrogen-bond acceptors (Lipinski definition) is 4. The van der Waals surface area contributed by atoms with E-state index in [4.69, 9.17) is 9.15 Å². The fourth-order valence-corrected chi connectivity index (χ4v) is 2.62. The van der Waals surface area contributed by atoms with Gasteiger partial charge in [0.25, 0.3) is 0 Å². The monoisotopic (exact) mass is 266 g/mol. The first-order valence-electron chi connectivity index (χ1n) is 7.34. The average molecular weight is 266 g/mol. The summed E-state index contributed by atoms with van der Waals surface area (Å²) in [6.45, 7) is 7.20. The first-order valence-corrected chi connectivity index (χ1v) is 7.34. The number of furan rings is 1. The van der Waals surface area contributed by atoms with E-state index in [9.17, 15) is 0 Å². The van der Waals surface area contributed by atoms with E-state index in [2.05, 4.69) is 23.2 Å². The van der Waals surface area contributed by atoms with E-state index in [1.807, 2.05) is 0 Å². The molecular formula is C15H26N2O2. The molecule has 1 atom stereocenters. The first kappa shape index (κ1) is 14.6. The van der Waals surface area contributed by atoms with Crippen LogP contribution in [0.3, 0.4) is 0 Å². The van der Waals surface area contributed by atoms with Crippen molar-refractivity contribution in [2.45, 2.75) is 45.4 Å². The average Bonchev–Trinajstić information content (AvgIpc) is 2.87. The van der Waals surface area contributed by atoms with Gasteiger partial charge < -0.3 is 14.5 Å². The maximum Gasteiger partial charge on any atom is 0.122 e. The molecule has 0 bridgehead atoms. The largest absolute Gasteiger partial charge is 0.468 e. The Labute approximate surface area is 116 Å². The summed E-state index contributed by atoms with van der Waals surface area (Å²) in [7, 11) is 1.81. The highest BCUT2D eigenvalue weighted by Gasteiger charge is 2.21. The molecule has 0 aromatic carbocycles. The number of methoxy groups -OCH3 is 1. The van der Waals surface area contributed by atoms with Crippen LogP contribution in [0.25, 0.3) is 0 Å². The quantitative estimate of drug-likeness (QED) is 0.769. The van der Waals surface area contributed by atoms with Crippen molar-refractivity contribution >= 4 is 0 Å². The summed E-state index contributed by atoms with van der Waals surface area (Å²) in [6, 6.07) is 2.08. The van der Waals surface area contributed by atoms with E-state index in [1.54, 1.807) is 13.4 Å². The molecule has 1 N–H and O–H groups in total. The molecule has 4 nitrogen and oxygen atoms in total. The van der Waals surface area contributed by atoms with Gasteiger partial charge in [-0.05, 0) is 38.4 Å². The first-order chi connectivity index (χ1) is 9.33. The van der Waals surface area contributed by atoms with Gasteiger partial charge in [-0.3, -0.25) is 4.90 Å². The highest BCUT2D eigenvalue weighted by molar-refractivity contribution is 5.16. The van der Waals surface area contributed by atoms with Gasteiger partial charge in [-0.15, -0.1) is 0 Å². The van der Waals surface area contributed by atoms with Crippen molar-refractivity contribution in [3.8, 4) is 0 Å². The fraction of sp³-hybridized carbons (Fsp3) is 0.733. The van der Waals surface area contributed by atoms with Crippen LogP contribution in [0, 0.1) is 0 Å². The second kappa shape index (κ2) is 7.68. The van der Waals surface area contributed by atoms with Crippen LogP contribution in [0.1, 0.15) is 37.5 Å². The van der Waals surface area contributed by atoms with Crippen LogP contribution >= 0.6 is 0 Å². The van der Waals surface area contributed by atoms with Crippen molar-refractivity contribution in [1.82, 2.24) is 10.2 Å². The molecule has 1 aliphatic heterocycles. The lowest BCUT2D eigenvalue weighted by molar-refractivity contribution is 0.0262. The molecule has 0 saturated carbocycles. The van der Waals surface area contributed by atoms with Crippen LogP contribution in [0.4, 0.5) is 0 Å². The molecule has 1 aliphatic rings. The number of rotatable bonds is 7. The van der Waals surface area contributed by atoms with E-state index < -0.39 is 0 Å². The number of likely N-dealkylation sites (tertiary alicyclic amines) is 1. The van der Waals surface area contributed by atoms with E-state index in [-0.39, 0.29) is 0 Å². The van der Waals surface area contributed by atoms with E-state index in [0.717, 1.165) is 44.9 Å². The predicted molar refractivity (Wildman–Crippen MR) is 76.0 cm³/mol. The third-order valence-electron chi connectivity index (χ3n) is 3.74.